The van der Waals surface area contributed by atoms with Gasteiger partial charge in [-0.15, -0.1) is 0 Å². The number of carbonyl (C=O) groups is 1. The van der Waals surface area contributed by atoms with Gasteiger partial charge in [-0.1, -0.05) is 74.2 Å². The van der Waals surface area contributed by atoms with Crippen molar-refractivity contribution in [3.05, 3.63) is 70.1 Å². The first-order chi connectivity index (χ1) is 12.5. The number of rotatable bonds is 5. The molecular weight excluding hydrogens is 362 g/mol. The molecule has 0 saturated carbocycles. The van der Waals surface area contributed by atoms with Crippen molar-refractivity contribution < 1.29 is 9.53 Å². The molecule has 0 spiro atoms. The number of hydrogen-bond donors (Lipinski definition) is 0. The molecule has 0 N–H and O–H groups in total. The van der Waals surface area contributed by atoms with Gasteiger partial charge >= 0.3 is 0 Å². The van der Waals surface area contributed by atoms with Gasteiger partial charge in [0.1, 0.15) is 10.1 Å². The summed E-state index contributed by atoms with van der Waals surface area (Å²) in [4.78, 5) is 15.1. The molecule has 0 radical (unpaired) electrons. The van der Waals surface area contributed by atoms with Crippen molar-refractivity contribution in [1.29, 1.82) is 0 Å². The highest BCUT2D eigenvalue weighted by atomic mass is 32.2. The Kier molecular flexibility index (Phi) is 5.79. The molecule has 2 aromatic rings. The molecule has 0 aliphatic carbocycles. The molecule has 1 saturated heterocycles. The van der Waals surface area contributed by atoms with Crippen molar-refractivity contribution in [3.63, 3.8) is 0 Å². The Morgan fingerprint density at radius 2 is 1.77 bits per heavy atom. The Labute approximate surface area is 164 Å². The quantitative estimate of drug-likeness (QED) is 0.523. The zero-order valence-electron chi connectivity index (χ0n) is 15.1. The normalized spacial score (nSPS) is 16.0. The zero-order chi connectivity index (χ0) is 18.7. The molecule has 1 aliphatic heterocycles. The Balaban J connectivity index is 1.75. The van der Waals surface area contributed by atoms with Gasteiger partial charge in [0.25, 0.3) is 5.91 Å². The maximum atomic E-state index is 12.7. The second-order valence-electron chi connectivity index (χ2n) is 6.44. The van der Waals surface area contributed by atoms with Crippen LogP contribution >= 0.6 is 24.0 Å². The van der Waals surface area contributed by atoms with Crippen molar-refractivity contribution in [3.8, 4) is 5.75 Å². The predicted molar refractivity (Wildman–Crippen MR) is 112 cm³/mol. The number of thiocarbonyl (C=S) groups is 1. The summed E-state index contributed by atoms with van der Waals surface area (Å²) in [5, 5.41) is 0. The van der Waals surface area contributed by atoms with E-state index in [1.165, 1.54) is 17.3 Å². The number of amides is 1. The summed E-state index contributed by atoms with van der Waals surface area (Å²) in [5.41, 5.74) is 3.32. The molecule has 26 heavy (non-hydrogen) atoms. The number of hydrogen-bond acceptors (Lipinski definition) is 4. The minimum Gasteiger partial charge on any atom is -0.497 e. The van der Waals surface area contributed by atoms with Crippen molar-refractivity contribution in [1.82, 2.24) is 4.90 Å². The van der Waals surface area contributed by atoms with E-state index >= 15 is 0 Å². The standard InChI is InChI=1S/C21H21NO2S2/c1-14(2)17-8-4-15(5-9-17)12-19-20(23)22(21(25)26-19)13-16-6-10-18(24-3)11-7-16/h4-12,14H,13H2,1-3H3/b19-12+. The lowest BCUT2D eigenvalue weighted by Crippen LogP contribution is -2.27. The average Bonchev–Trinajstić information content (AvgIpc) is 2.90. The van der Waals surface area contributed by atoms with Crippen LogP contribution in [0.25, 0.3) is 6.08 Å². The van der Waals surface area contributed by atoms with Crippen LogP contribution in [0.1, 0.15) is 36.5 Å². The molecule has 1 fully saturated rings. The first-order valence-electron chi connectivity index (χ1n) is 8.46. The predicted octanol–water partition coefficient (Wildman–Crippen LogP) is 5.22. The van der Waals surface area contributed by atoms with Crippen LogP contribution in [-0.4, -0.2) is 22.2 Å². The lowest BCUT2D eigenvalue weighted by molar-refractivity contribution is -0.122. The Morgan fingerprint density at radius 3 is 2.35 bits per heavy atom. The summed E-state index contributed by atoms with van der Waals surface area (Å²) in [6.45, 7) is 4.80. The summed E-state index contributed by atoms with van der Waals surface area (Å²) in [5.74, 6) is 1.25. The number of ether oxygens (including phenoxy) is 1. The molecule has 3 rings (SSSR count). The Hall–Kier alpha value is -2.11. The van der Waals surface area contributed by atoms with Gasteiger partial charge in [0, 0.05) is 0 Å². The fourth-order valence-electron chi connectivity index (χ4n) is 2.68. The smallest absolute Gasteiger partial charge is 0.266 e. The SMILES string of the molecule is COc1ccc(CN2C(=O)/C(=C\c3ccc(C(C)C)cc3)SC2=S)cc1. The topological polar surface area (TPSA) is 29.5 Å². The second-order valence-corrected chi connectivity index (χ2v) is 8.11. The van der Waals surface area contributed by atoms with E-state index in [1.54, 1.807) is 12.0 Å². The highest BCUT2D eigenvalue weighted by Gasteiger charge is 2.31. The number of benzene rings is 2. The van der Waals surface area contributed by atoms with E-state index in [-0.39, 0.29) is 5.91 Å². The Morgan fingerprint density at radius 1 is 1.12 bits per heavy atom. The lowest BCUT2D eigenvalue weighted by Gasteiger charge is -2.14. The van der Waals surface area contributed by atoms with Crippen LogP contribution in [0.2, 0.25) is 0 Å². The second kappa shape index (κ2) is 8.06. The van der Waals surface area contributed by atoms with Crippen LogP contribution in [0.15, 0.2) is 53.4 Å². The molecule has 1 amide bonds. The van der Waals surface area contributed by atoms with E-state index in [9.17, 15) is 4.79 Å². The maximum absolute atomic E-state index is 12.7. The first-order valence-corrected chi connectivity index (χ1v) is 9.68. The van der Waals surface area contributed by atoms with E-state index < -0.39 is 0 Å². The fraction of sp³-hybridized carbons (Fsp3) is 0.238. The van der Waals surface area contributed by atoms with Gasteiger partial charge in [0.2, 0.25) is 0 Å². The van der Waals surface area contributed by atoms with E-state index in [2.05, 4.69) is 26.0 Å². The van der Waals surface area contributed by atoms with Gasteiger partial charge in [-0.3, -0.25) is 9.69 Å². The van der Waals surface area contributed by atoms with Crippen molar-refractivity contribution >= 4 is 40.3 Å². The molecular formula is C21H21NO2S2. The van der Waals surface area contributed by atoms with Gasteiger partial charge in [-0.05, 0) is 40.8 Å². The van der Waals surface area contributed by atoms with E-state index in [1.807, 2.05) is 42.5 Å². The minimum absolute atomic E-state index is 0.0382. The molecule has 134 valence electrons. The number of carbonyl (C=O) groups excluding carboxylic acids is 1. The summed E-state index contributed by atoms with van der Waals surface area (Å²) in [6.07, 6.45) is 1.91. The van der Waals surface area contributed by atoms with Crippen molar-refractivity contribution in [2.45, 2.75) is 26.3 Å². The molecule has 0 atom stereocenters. The molecule has 1 heterocycles. The summed E-state index contributed by atoms with van der Waals surface area (Å²) < 4.78 is 5.76. The minimum atomic E-state index is -0.0382. The number of thioether (sulfide) groups is 1. The molecule has 0 unspecified atom stereocenters. The van der Waals surface area contributed by atoms with Crippen LogP contribution in [0.3, 0.4) is 0 Å². The molecule has 3 nitrogen and oxygen atoms in total. The molecule has 0 aromatic heterocycles. The summed E-state index contributed by atoms with van der Waals surface area (Å²) in [6, 6.07) is 16.0. The third-order valence-corrected chi connectivity index (χ3v) is 5.65. The third kappa shape index (κ3) is 4.17. The zero-order valence-corrected chi connectivity index (χ0v) is 16.7. The fourth-order valence-corrected chi connectivity index (χ4v) is 3.93. The van der Waals surface area contributed by atoms with E-state index in [4.69, 9.17) is 17.0 Å². The molecule has 1 aliphatic rings. The van der Waals surface area contributed by atoms with Crippen LogP contribution in [0.4, 0.5) is 0 Å². The average molecular weight is 384 g/mol. The van der Waals surface area contributed by atoms with Gasteiger partial charge in [0.15, 0.2) is 0 Å². The summed E-state index contributed by atoms with van der Waals surface area (Å²) in [7, 11) is 1.63. The van der Waals surface area contributed by atoms with Crippen molar-refractivity contribution in [2.24, 2.45) is 0 Å². The molecule has 0 bridgehead atoms. The lowest BCUT2D eigenvalue weighted by atomic mass is 10.0. The summed E-state index contributed by atoms with van der Waals surface area (Å²) >= 11 is 6.77. The highest BCUT2D eigenvalue weighted by Crippen LogP contribution is 2.34. The molecule has 2 aromatic carbocycles. The third-order valence-electron chi connectivity index (χ3n) is 4.27. The van der Waals surface area contributed by atoms with Crippen LogP contribution in [0.5, 0.6) is 5.75 Å². The van der Waals surface area contributed by atoms with E-state index in [0.29, 0.717) is 21.7 Å². The Bertz CT molecular complexity index is 839. The van der Waals surface area contributed by atoms with Gasteiger partial charge < -0.3 is 4.74 Å². The first kappa shape index (κ1) is 18.7. The van der Waals surface area contributed by atoms with Crippen LogP contribution in [-0.2, 0) is 11.3 Å². The highest BCUT2D eigenvalue weighted by molar-refractivity contribution is 8.26. The monoisotopic (exact) mass is 383 g/mol. The van der Waals surface area contributed by atoms with E-state index in [0.717, 1.165) is 16.9 Å². The molecule has 5 heteroatoms. The van der Waals surface area contributed by atoms with Crippen LogP contribution < -0.4 is 4.74 Å². The largest absolute Gasteiger partial charge is 0.497 e. The number of nitrogens with zero attached hydrogens (tertiary/aromatic N) is 1. The van der Waals surface area contributed by atoms with Gasteiger partial charge in [0.05, 0.1) is 18.6 Å². The van der Waals surface area contributed by atoms with Gasteiger partial charge in [-0.2, -0.15) is 0 Å². The number of methoxy groups -OCH3 is 1. The van der Waals surface area contributed by atoms with Gasteiger partial charge in [-0.25, -0.2) is 0 Å². The van der Waals surface area contributed by atoms with Crippen LogP contribution in [0, 0.1) is 0 Å². The maximum Gasteiger partial charge on any atom is 0.266 e. The van der Waals surface area contributed by atoms with Crippen molar-refractivity contribution in [2.75, 3.05) is 7.11 Å².